The monoisotopic (exact) mass is 668 g/mol. The molecule has 2 aliphatic rings. The highest BCUT2D eigenvalue weighted by atomic mass is 32.2. The van der Waals surface area contributed by atoms with Gasteiger partial charge in [0.2, 0.25) is 0 Å². The van der Waals surface area contributed by atoms with E-state index < -0.39 is 0 Å². The van der Waals surface area contributed by atoms with E-state index in [9.17, 15) is 0 Å². The third-order valence-electron chi connectivity index (χ3n) is 10.9. The molecule has 1 aliphatic heterocycles. The maximum Gasteiger partial charge on any atom is 0.0547 e. The van der Waals surface area contributed by atoms with Crippen LogP contribution in [-0.4, -0.2) is 14.4 Å². The van der Waals surface area contributed by atoms with Gasteiger partial charge in [0.15, 0.2) is 0 Å². The maximum absolute atomic E-state index is 2.44. The number of fused-ring (bicyclic) bond motifs is 9. The van der Waals surface area contributed by atoms with E-state index in [1.165, 1.54) is 87.7 Å². The molecule has 2 nitrogen and oxygen atoms in total. The largest absolute Gasteiger partial charge is 0.309 e. The average molecular weight is 669 g/mol. The molecule has 0 spiro atoms. The first kappa shape index (κ1) is 28.8. The van der Waals surface area contributed by atoms with Crippen LogP contribution >= 0.6 is 11.8 Å². The van der Waals surface area contributed by atoms with Gasteiger partial charge in [0.1, 0.15) is 0 Å². The van der Waals surface area contributed by atoms with Crippen LogP contribution in [0.3, 0.4) is 0 Å². The molecule has 1 aliphatic carbocycles. The van der Waals surface area contributed by atoms with Gasteiger partial charge in [0.25, 0.3) is 0 Å². The molecule has 2 aromatic heterocycles. The zero-order valence-electron chi connectivity index (χ0n) is 27.8. The predicted octanol–water partition coefficient (Wildman–Crippen LogP) is 12.9. The highest BCUT2D eigenvalue weighted by Gasteiger charge is 2.32. The van der Waals surface area contributed by atoms with E-state index >= 15 is 0 Å². The summed E-state index contributed by atoms with van der Waals surface area (Å²) in [6.45, 7) is 0. The van der Waals surface area contributed by atoms with Crippen LogP contribution in [0.4, 0.5) is 0 Å². The lowest BCUT2D eigenvalue weighted by molar-refractivity contribution is 0.881. The Morgan fingerprint density at radius 1 is 0.412 bits per heavy atom. The lowest BCUT2D eigenvalue weighted by atomic mass is 9.90. The lowest BCUT2D eigenvalue weighted by Crippen LogP contribution is -2.06. The topological polar surface area (TPSA) is 9.86 Å². The predicted molar refractivity (Wildman–Crippen MR) is 217 cm³/mol. The number of para-hydroxylation sites is 3. The molecule has 0 bridgehead atoms. The van der Waals surface area contributed by atoms with E-state index in [0.29, 0.717) is 11.2 Å². The van der Waals surface area contributed by atoms with Crippen LogP contribution in [0.15, 0.2) is 187 Å². The molecule has 0 amide bonds. The van der Waals surface area contributed by atoms with Gasteiger partial charge in [-0.2, -0.15) is 0 Å². The normalized spacial score (nSPS) is 16.4. The smallest absolute Gasteiger partial charge is 0.0547 e. The molecule has 0 fully saturated rings. The summed E-state index contributed by atoms with van der Waals surface area (Å²) in [5, 5.41) is 5.55. The van der Waals surface area contributed by atoms with Gasteiger partial charge in [0.05, 0.1) is 22.1 Å². The van der Waals surface area contributed by atoms with Crippen molar-refractivity contribution in [2.45, 2.75) is 16.1 Å². The zero-order chi connectivity index (χ0) is 33.5. The fourth-order valence-corrected chi connectivity index (χ4v) is 10.00. The first-order valence-electron chi connectivity index (χ1n) is 17.7. The molecular formula is C48H32N2S. The van der Waals surface area contributed by atoms with E-state index in [1.54, 1.807) is 0 Å². The molecule has 0 radical (unpaired) electrons. The standard InChI is InChI=1S/C48H32N2S/c1-2-11-34(12-3-1)49-44-19-8-5-14-38(44)42-29-32(24-28-45(42)49)33-23-27-39-37-13-4-7-18-43(37)50(46(39)30-33)35-25-21-31(22-26-35)36-16-10-17-41-40-15-6-9-20-47(40)51-48(36)41/h1-30,40,47H. The first-order valence-corrected chi connectivity index (χ1v) is 18.6. The molecule has 3 heteroatoms. The number of nitrogens with zero attached hydrogens (tertiary/aromatic N) is 2. The Hall–Kier alpha value is -6.03. The third-order valence-corrected chi connectivity index (χ3v) is 12.3. The minimum atomic E-state index is 0.462. The number of thioether (sulfide) groups is 1. The van der Waals surface area contributed by atoms with Gasteiger partial charge >= 0.3 is 0 Å². The van der Waals surface area contributed by atoms with E-state index in [1.807, 2.05) is 11.8 Å². The van der Waals surface area contributed by atoms with Crippen molar-refractivity contribution in [2.75, 3.05) is 0 Å². The summed E-state index contributed by atoms with van der Waals surface area (Å²) >= 11 is 2.00. The fraction of sp³-hybridized carbons (Fsp3) is 0.0417. The minimum Gasteiger partial charge on any atom is -0.309 e. The average Bonchev–Trinajstić information content (AvgIpc) is 3.85. The SMILES string of the molecule is C1=CC2Sc3c(-c4ccc(-n5c6ccccc6c6ccc(-c7ccc8c(c7)c7ccccc7n8-c7ccccc7)cc65)cc4)cccc3C2C=C1. The Bertz CT molecular complexity index is 2890. The van der Waals surface area contributed by atoms with Crippen molar-refractivity contribution in [2.24, 2.45) is 0 Å². The highest BCUT2D eigenvalue weighted by molar-refractivity contribution is 8.00. The second-order valence-electron chi connectivity index (χ2n) is 13.7. The quantitative estimate of drug-likeness (QED) is 0.181. The maximum atomic E-state index is 2.44. The lowest BCUT2D eigenvalue weighted by Gasteiger charge is -2.14. The van der Waals surface area contributed by atoms with Crippen molar-refractivity contribution in [1.82, 2.24) is 9.13 Å². The van der Waals surface area contributed by atoms with Gasteiger partial charge in [-0.25, -0.2) is 0 Å². The van der Waals surface area contributed by atoms with E-state index in [4.69, 9.17) is 0 Å². The van der Waals surface area contributed by atoms with E-state index in [0.717, 1.165) is 0 Å². The molecule has 0 saturated carbocycles. The molecule has 240 valence electrons. The van der Waals surface area contributed by atoms with E-state index in [-0.39, 0.29) is 0 Å². The fourth-order valence-electron chi connectivity index (χ4n) is 8.52. The molecule has 11 rings (SSSR count). The minimum absolute atomic E-state index is 0.462. The van der Waals surface area contributed by atoms with Crippen molar-refractivity contribution >= 4 is 55.4 Å². The van der Waals surface area contributed by atoms with Crippen molar-refractivity contribution in [3.63, 3.8) is 0 Å². The Morgan fingerprint density at radius 2 is 1.02 bits per heavy atom. The molecule has 2 unspecified atom stereocenters. The zero-order valence-corrected chi connectivity index (χ0v) is 28.6. The summed E-state index contributed by atoms with van der Waals surface area (Å²) in [5.74, 6) is 0.462. The van der Waals surface area contributed by atoms with Crippen LogP contribution in [0.5, 0.6) is 0 Å². The summed E-state index contributed by atoms with van der Waals surface area (Å²) in [6.07, 6.45) is 9.08. The molecule has 0 N–H and O–H groups in total. The van der Waals surface area contributed by atoms with Crippen LogP contribution in [0.1, 0.15) is 11.5 Å². The van der Waals surface area contributed by atoms with Crippen molar-refractivity contribution < 1.29 is 0 Å². The summed E-state index contributed by atoms with van der Waals surface area (Å²) in [6, 6.07) is 58.1. The summed E-state index contributed by atoms with van der Waals surface area (Å²) < 4.78 is 4.81. The van der Waals surface area contributed by atoms with Crippen LogP contribution in [0.2, 0.25) is 0 Å². The summed E-state index contributed by atoms with van der Waals surface area (Å²) in [5.41, 5.74) is 13.7. The second-order valence-corrected chi connectivity index (χ2v) is 14.8. The van der Waals surface area contributed by atoms with Crippen LogP contribution in [-0.2, 0) is 0 Å². The number of benzene rings is 7. The number of aromatic nitrogens is 2. The third kappa shape index (κ3) is 4.38. The van der Waals surface area contributed by atoms with Gasteiger partial charge in [-0.1, -0.05) is 127 Å². The van der Waals surface area contributed by atoms with Crippen molar-refractivity contribution in [3.05, 3.63) is 188 Å². The molecule has 3 heterocycles. The van der Waals surface area contributed by atoms with Gasteiger partial charge in [-0.3, -0.25) is 0 Å². The Kier molecular flexibility index (Phi) is 6.34. The van der Waals surface area contributed by atoms with Gasteiger partial charge in [-0.15, -0.1) is 11.8 Å². The number of rotatable bonds is 4. The summed E-state index contributed by atoms with van der Waals surface area (Å²) in [4.78, 5) is 1.42. The Morgan fingerprint density at radius 3 is 1.84 bits per heavy atom. The van der Waals surface area contributed by atoms with Crippen LogP contribution < -0.4 is 0 Å². The molecular weight excluding hydrogens is 637 g/mol. The molecule has 51 heavy (non-hydrogen) atoms. The van der Waals surface area contributed by atoms with Crippen molar-refractivity contribution in [3.8, 4) is 33.6 Å². The molecule has 7 aromatic carbocycles. The highest BCUT2D eigenvalue weighted by Crippen LogP contribution is 2.51. The van der Waals surface area contributed by atoms with Crippen molar-refractivity contribution in [1.29, 1.82) is 0 Å². The van der Waals surface area contributed by atoms with Crippen LogP contribution in [0.25, 0.3) is 77.2 Å². The Balaban J connectivity index is 1.04. The second kappa shape index (κ2) is 11.2. The summed E-state index contributed by atoms with van der Waals surface area (Å²) in [7, 11) is 0. The molecule has 9 aromatic rings. The number of hydrogen-bond acceptors (Lipinski definition) is 1. The molecule has 2 atom stereocenters. The van der Waals surface area contributed by atoms with Gasteiger partial charge in [-0.05, 0) is 82.4 Å². The van der Waals surface area contributed by atoms with Gasteiger partial charge in [0, 0.05) is 49.0 Å². The Labute approximate surface area is 300 Å². The van der Waals surface area contributed by atoms with Crippen LogP contribution in [0, 0.1) is 0 Å². The number of allylic oxidation sites excluding steroid dienone is 3. The van der Waals surface area contributed by atoms with E-state index in [2.05, 4.69) is 191 Å². The van der Waals surface area contributed by atoms with Gasteiger partial charge < -0.3 is 9.13 Å². The molecule has 0 saturated heterocycles. The first-order chi connectivity index (χ1) is 25.3. The number of hydrogen-bond donors (Lipinski definition) is 0.